The third-order valence-electron chi connectivity index (χ3n) is 7.22. The summed E-state index contributed by atoms with van der Waals surface area (Å²) >= 11 is 0. The highest BCUT2D eigenvalue weighted by molar-refractivity contribution is 6.11. The van der Waals surface area contributed by atoms with E-state index in [2.05, 4.69) is 15.5 Å². The molecule has 12 heteroatoms. The quantitative estimate of drug-likeness (QED) is 0.488. The van der Waals surface area contributed by atoms with Crippen molar-refractivity contribution in [3.8, 4) is 0 Å². The Balaban J connectivity index is 1.41. The molecule has 2 amide bonds. The molecule has 0 radical (unpaired) electrons. The van der Waals surface area contributed by atoms with Gasteiger partial charge in [-0.25, -0.2) is 4.79 Å². The number of halogens is 3. The minimum absolute atomic E-state index is 0.00653. The zero-order valence-electron chi connectivity index (χ0n) is 20.9. The summed E-state index contributed by atoms with van der Waals surface area (Å²) < 4.78 is 44.1. The van der Waals surface area contributed by atoms with Crippen molar-refractivity contribution in [3.63, 3.8) is 0 Å². The van der Waals surface area contributed by atoms with Crippen molar-refractivity contribution in [3.05, 3.63) is 70.8 Å². The van der Waals surface area contributed by atoms with Gasteiger partial charge in [0, 0.05) is 49.5 Å². The molecule has 9 nitrogen and oxygen atoms in total. The molecule has 0 bridgehead atoms. The Kier molecular flexibility index (Phi) is 6.49. The molecule has 0 saturated carbocycles. The molecule has 200 valence electrons. The number of rotatable bonds is 6. The van der Waals surface area contributed by atoms with E-state index in [9.17, 15) is 22.8 Å². The highest BCUT2D eigenvalue weighted by atomic mass is 19.4. The molecule has 1 unspecified atom stereocenters. The third kappa shape index (κ3) is 4.90. The lowest BCUT2D eigenvalue weighted by Crippen LogP contribution is -2.30. The second-order valence-corrected chi connectivity index (χ2v) is 9.86. The smallest absolute Gasteiger partial charge is 0.416 e. The summed E-state index contributed by atoms with van der Waals surface area (Å²) in [4.78, 5) is 27.2. The van der Waals surface area contributed by atoms with Crippen LogP contribution >= 0.6 is 0 Å². The highest BCUT2D eigenvalue weighted by Crippen LogP contribution is 2.41. The van der Waals surface area contributed by atoms with Crippen molar-refractivity contribution in [1.29, 1.82) is 0 Å². The number of nitrogens with zero attached hydrogens (tertiary/aromatic N) is 5. The van der Waals surface area contributed by atoms with Gasteiger partial charge >= 0.3 is 12.3 Å². The van der Waals surface area contributed by atoms with Crippen molar-refractivity contribution >= 4 is 23.4 Å². The summed E-state index contributed by atoms with van der Waals surface area (Å²) in [5, 5.41) is 20.2. The van der Waals surface area contributed by atoms with E-state index in [0.29, 0.717) is 25.1 Å². The van der Waals surface area contributed by atoms with E-state index in [4.69, 9.17) is 5.11 Å². The lowest BCUT2D eigenvalue weighted by atomic mass is 9.97. The summed E-state index contributed by atoms with van der Waals surface area (Å²) in [7, 11) is 1.86. The number of amides is 2. The number of likely N-dealkylation sites (tertiary alicyclic amines) is 1. The van der Waals surface area contributed by atoms with Gasteiger partial charge in [0.1, 0.15) is 12.2 Å². The van der Waals surface area contributed by atoms with Crippen molar-refractivity contribution in [2.24, 2.45) is 7.05 Å². The van der Waals surface area contributed by atoms with Crippen LogP contribution in [0.3, 0.4) is 0 Å². The molecule has 3 heterocycles. The number of aryl methyl sites for hydroxylation is 1. The molecule has 2 N–H and O–H groups in total. The average molecular weight is 529 g/mol. The molecule has 2 atom stereocenters. The lowest BCUT2D eigenvalue weighted by Gasteiger charge is -2.19. The van der Waals surface area contributed by atoms with Crippen molar-refractivity contribution in [1.82, 2.24) is 19.7 Å². The van der Waals surface area contributed by atoms with Gasteiger partial charge in [-0.3, -0.25) is 4.79 Å². The molecule has 2 aliphatic rings. The standard InChI is InChI=1S/C26H27F3N6O3/c1-15(8-23-32-30-14-33(23)2)16-4-3-5-19(9-16)35-13-21-20(24(35)36)10-18(11-22(21)26(27,28)29)31-17-6-7-34(12-17)25(37)38/h3-5,9-11,14-15,17,31H,6-8,12-13H2,1-2H3,(H,37,38)/t15?,17-/m0/s1. The Labute approximate surface area is 216 Å². The van der Waals surface area contributed by atoms with Crippen molar-refractivity contribution < 1.29 is 27.9 Å². The zero-order chi connectivity index (χ0) is 27.2. The van der Waals surface area contributed by atoms with Crippen molar-refractivity contribution in [2.45, 2.75) is 44.4 Å². The SMILES string of the molecule is CC(Cc1nncn1C)c1cccc(N2Cc3c(cc(N[C@H]4CCN(C(=O)O)C4)cc3C(F)(F)F)C2=O)c1. The number of benzene rings is 2. The summed E-state index contributed by atoms with van der Waals surface area (Å²) in [6, 6.07) is 9.37. The van der Waals surface area contributed by atoms with Crippen LogP contribution in [-0.4, -0.2) is 55.9 Å². The fraction of sp³-hybridized carbons (Fsp3) is 0.385. The van der Waals surface area contributed by atoms with E-state index in [1.165, 1.54) is 15.9 Å². The summed E-state index contributed by atoms with van der Waals surface area (Å²) in [6.45, 7) is 2.28. The monoisotopic (exact) mass is 528 g/mol. The maximum absolute atomic E-state index is 14.1. The number of alkyl halides is 3. The third-order valence-corrected chi connectivity index (χ3v) is 7.22. The second-order valence-electron chi connectivity index (χ2n) is 9.86. The zero-order valence-corrected chi connectivity index (χ0v) is 20.9. The van der Waals surface area contributed by atoms with Gasteiger partial charge in [-0.05, 0) is 47.7 Å². The molecule has 3 aromatic rings. The molecular formula is C26H27F3N6O3. The van der Waals surface area contributed by atoms with Gasteiger partial charge in [-0.1, -0.05) is 19.1 Å². The predicted octanol–water partition coefficient (Wildman–Crippen LogP) is 4.50. The van der Waals surface area contributed by atoms with Gasteiger partial charge in [-0.2, -0.15) is 13.2 Å². The molecule has 5 rings (SSSR count). The number of fused-ring (bicyclic) bond motifs is 1. The lowest BCUT2D eigenvalue weighted by molar-refractivity contribution is -0.138. The Morgan fingerprint density at radius 2 is 2.05 bits per heavy atom. The van der Waals surface area contributed by atoms with E-state index in [1.807, 2.05) is 30.7 Å². The van der Waals surface area contributed by atoms with Gasteiger partial charge < -0.3 is 24.8 Å². The number of hydrogen-bond acceptors (Lipinski definition) is 5. The normalized spacial score (nSPS) is 18.1. The van der Waals surface area contributed by atoms with Crippen LogP contribution in [0.5, 0.6) is 0 Å². The highest BCUT2D eigenvalue weighted by Gasteiger charge is 2.41. The van der Waals surface area contributed by atoms with Crippen LogP contribution in [0.2, 0.25) is 0 Å². The fourth-order valence-corrected chi connectivity index (χ4v) is 5.12. The van der Waals surface area contributed by atoms with Crippen LogP contribution in [0.1, 0.15) is 52.1 Å². The number of carboxylic acid groups (broad SMARTS) is 1. The molecule has 1 saturated heterocycles. The largest absolute Gasteiger partial charge is 0.465 e. The van der Waals surface area contributed by atoms with Gasteiger partial charge in [0.25, 0.3) is 5.91 Å². The Morgan fingerprint density at radius 3 is 2.71 bits per heavy atom. The molecule has 0 aliphatic carbocycles. The number of hydrogen-bond donors (Lipinski definition) is 2. The minimum Gasteiger partial charge on any atom is -0.465 e. The first-order valence-electron chi connectivity index (χ1n) is 12.2. The molecule has 2 aliphatic heterocycles. The van der Waals surface area contributed by atoms with Crippen LogP contribution in [0, 0.1) is 0 Å². The first-order chi connectivity index (χ1) is 18.0. The number of carbonyl (C=O) groups excluding carboxylic acids is 1. The van der Waals surface area contributed by atoms with E-state index in [0.717, 1.165) is 17.5 Å². The molecule has 1 aromatic heterocycles. The van der Waals surface area contributed by atoms with E-state index in [1.54, 1.807) is 18.5 Å². The van der Waals surface area contributed by atoms with Gasteiger partial charge in [0.05, 0.1) is 12.1 Å². The van der Waals surface area contributed by atoms with Gasteiger partial charge in [-0.15, -0.1) is 10.2 Å². The van der Waals surface area contributed by atoms with E-state index in [-0.39, 0.29) is 41.9 Å². The molecule has 0 spiro atoms. The second kappa shape index (κ2) is 9.66. The first kappa shape index (κ1) is 25.6. The Hall–Kier alpha value is -4.09. The Bertz CT molecular complexity index is 1390. The minimum atomic E-state index is -4.66. The number of anilines is 2. The number of aromatic nitrogens is 3. The number of nitrogens with one attached hydrogen (secondary N) is 1. The predicted molar refractivity (Wildman–Crippen MR) is 133 cm³/mol. The van der Waals surface area contributed by atoms with Gasteiger partial charge in [0.2, 0.25) is 0 Å². The maximum Gasteiger partial charge on any atom is 0.416 e. The molecule has 1 fully saturated rings. The molecule has 2 aromatic carbocycles. The van der Waals surface area contributed by atoms with Crippen LogP contribution in [0.15, 0.2) is 42.7 Å². The van der Waals surface area contributed by atoms with Gasteiger partial charge in [0.15, 0.2) is 0 Å². The summed E-state index contributed by atoms with van der Waals surface area (Å²) in [6.07, 6.45) is -3.04. The van der Waals surface area contributed by atoms with Crippen LogP contribution < -0.4 is 10.2 Å². The van der Waals surface area contributed by atoms with Crippen LogP contribution in [0.4, 0.5) is 29.3 Å². The number of carbonyl (C=O) groups is 2. The van der Waals surface area contributed by atoms with Crippen molar-refractivity contribution in [2.75, 3.05) is 23.3 Å². The summed E-state index contributed by atoms with van der Waals surface area (Å²) in [5.41, 5.74) is 0.654. The topological polar surface area (TPSA) is 104 Å². The molecule has 38 heavy (non-hydrogen) atoms. The van der Waals surface area contributed by atoms with Crippen LogP contribution in [-0.2, 0) is 26.2 Å². The fourth-order valence-electron chi connectivity index (χ4n) is 5.12. The van der Waals surface area contributed by atoms with E-state index >= 15 is 0 Å². The Morgan fingerprint density at radius 1 is 1.26 bits per heavy atom. The van der Waals surface area contributed by atoms with E-state index < -0.39 is 23.7 Å². The maximum atomic E-state index is 14.1. The molecular weight excluding hydrogens is 501 g/mol. The van der Waals surface area contributed by atoms with Crippen LogP contribution in [0.25, 0.3) is 0 Å². The summed E-state index contributed by atoms with van der Waals surface area (Å²) in [5.74, 6) is 0.332. The first-order valence-corrected chi connectivity index (χ1v) is 12.2. The average Bonchev–Trinajstić information content (AvgIpc) is 3.58.